The van der Waals surface area contributed by atoms with Crippen molar-refractivity contribution in [1.82, 2.24) is 0 Å². The summed E-state index contributed by atoms with van der Waals surface area (Å²) in [4.78, 5) is 11.5. The summed E-state index contributed by atoms with van der Waals surface area (Å²) in [7, 11) is 0. The molecule has 3 nitrogen and oxygen atoms in total. The van der Waals surface area contributed by atoms with E-state index in [9.17, 15) is 4.79 Å². The second kappa shape index (κ2) is 7.72. The van der Waals surface area contributed by atoms with E-state index in [0.29, 0.717) is 24.5 Å². The molecule has 1 aliphatic rings. The molecule has 0 spiro atoms. The zero-order valence-electron chi connectivity index (χ0n) is 10.4. The van der Waals surface area contributed by atoms with Crippen molar-refractivity contribution in [1.29, 1.82) is 0 Å². The number of halogens is 1. The smallest absolute Gasteiger partial charge is 0.309 e. The van der Waals surface area contributed by atoms with E-state index in [1.54, 1.807) is 0 Å². The van der Waals surface area contributed by atoms with E-state index in [4.69, 9.17) is 21.1 Å². The van der Waals surface area contributed by atoms with Crippen LogP contribution in [0.3, 0.4) is 0 Å². The lowest BCUT2D eigenvalue weighted by molar-refractivity contribution is -0.146. The number of hydrogen-bond acceptors (Lipinski definition) is 3. The highest BCUT2D eigenvalue weighted by Gasteiger charge is 2.34. The molecule has 0 aromatic carbocycles. The number of carbonyl (C=O) groups excluding carboxylic acids is 1. The third-order valence-electron chi connectivity index (χ3n) is 2.83. The van der Waals surface area contributed by atoms with Gasteiger partial charge >= 0.3 is 5.97 Å². The highest BCUT2D eigenvalue weighted by atomic mass is 35.5. The second-order valence-corrected chi connectivity index (χ2v) is 5.03. The topological polar surface area (TPSA) is 35.5 Å². The van der Waals surface area contributed by atoms with Gasteiger partial charge in [-0.05, 0) is 12.8 Å². The van der Waals surface area contributed by atoms with Gasteiger partial charge in [0, 0.05) is 18.1 Å². The van der Waals surface area contributed by atoms with E-state index in [-0.39, 0.29) is 18.0 Å². The molecule has 0 bridgehead atoms. The van der Waals surface area contributed by atoms with Gasteiger partial charge < -0.3 is 9.47 Å². The summed E-state index contributed by atoms with van der Waals surface area (Å²) < 4.78 is 10.7. The van der Waals surface area contributed by atoms with Crippen molar-refractivity contribution < 1.29 is 14.3 Å². The van der Waals surface area contributed by atoms with Crippen LogP contribution in [0.4, 0.5) is 0 Å². The minimum absolute atomic E-state index is 0.106. The molecule has 2 unspecified atom stereocenters. The third kappa shape index (κ3) is 5.55. The number of rotatable bonds is 8. The fourth-order valence-electron chi connectivity index (χ4n) is 1.93. The minimum Gasteiger partial charge on any atom is -0.460 e. The Morgan fingerprint density at radius 2 is 2.35 bits per heavy atom. The predicted octanol–water partition coefficient (Wildman–Crippen LogP) is 3.27. The lowest BCUT2D eigenvalue weighted by Crippen LogP contribution is -2.15. The second-order valence-electron chi connectivity index (χ2n) is 4.49. The zero-order chi connectivity index (χ0) is 12.7. The average Bonchev–Trinajstić information content (AvgIpc) is 2.58. The van der Waals surface area contributed by atoms with Gasteiger partial charge in [0.1, 0.15) is 6.10 Å². The standard InChI is InChI=1S/C13H21ClO3/c1-3-4-5-6-16-9-12-8-11(7-10(2)14)13(15)17-12/h11-12H,2-9H2,1H3. The molecule has 1 heterocycles. The first kappa shape index (κ1) is 14.5. The van der Waals surface area contributed by atoms with E-state index < -0.39 is 0 Å². The summed E-state index contributed by atoms with van der Waals surface area (Å²) in [5.74, 6) is -0.307. The number of allylic oxidation sites excluding steroid dienone is 1. The maximum Gasteiger partial charge on any atom is 0.309 e. The fourth-order valence-corrected chi connectivity index (χ4v) is 2.11. The monoisotopic (exact) mass is 260 g/mol. The minimum atomic E-state index is -0.172. The van der Waals surface area contributed by atoms with Gasteiger partial charge in [-0.1, -0.05) is 37.9 Å². The van der Waals surface area contributed by atoms with Gasteiger partial charge in [-0.25, -0.2) is 0 Å². The van der Waals surface area contributed by atoms with E-state index in [2.05, 4.69) is 13.5 Å². The Kier molecular flexibility index (Phi) is 6.60. The van der Waals surface area contributed by atoms with Gasteiger partial charge in [-0.2, -0.15) is 0 Å². The SMILES string of the molecule is C=C(Cl)CC1CC(COCCCCC)OC1=O. The Morgan fingerprint density at radius 1 is 1.59 bits per heavy atom. The molecule has 0 saturated carbocycles. The summed E-state index contributed by atoms with van der Waals surface area (Å²) in [5.41, 5.74) is 0. The maximum atomic E-state index is 11.5. The van der Waals surface area contributed by atoms with Crippen LogP contribution in [-0.4, -0.2) is 25.3 Å². The first-order valence-electron chi connectivity index (χ1n) is 6.25. The molecule has 1 aliphatic heterocycles. The lowest BCUT2D eigenvalue weighted by Gasteiger charge is -2.09. The van der Waals surface area contributed by atoms with Crippen LogP contribution < -0.4 is 0 Å². The molecule has 0 aliphatic carbocycles. The Labute approximate surface area is 108 Å². The van der Waals surface area contributed by atoms with Crippen molar-refractivity contribution in [2.75, 3.05) is 13.2 Å². The number of esters is 1. The van der Waals surface area contributed by atoms with E-state index >= 15 is 0 Å². The molecule has 17 heavy (non-hydrogen) atoms. The van der Waals surface area contributed by atoms with Crippen molar-refractivity contribution in [3.63, 3.8) is 0 Å². The van der Waals surface area contributed by atoms with Crippen molar-refractivity contribution in [3.8, 4) is 0 Å². The summed E-state index contributed by atoms with van der Waals surface area (Å²) in [6.45, 7) is 7.00. The molecule has 1 fully saturated rings. The van der Waals surface area contributed by atoms with Crippen molar-refractivity contribution >= 4 is 17.6 Å². The maximum absolute atomic E-state index is 11.5. The number of carbonyl (C=O) groups is 1. The zero-order valence-corrected chi connectivity index (χ0v) is 11.2. The van der Waals surface area contributed by atoms with Crippen LogP contribution in [0.25, 0.3) is 0 Å². The van der Waals surface area contributed by atoms with Gasteiger partial charge in [-0.15, -0.1) is 0 Å². The van der Waals surface area contributed by atoms with E-state index in [0.717, 1.165) is 13.0 Å². The van der Waals surface area contributed by atoms with Gasteiger partial charge in [0.05, 0.1) is 12.5 Å². The highest BCUT2D eigenvalue weighted by Crippen LogP contribution is 2.27. The molecule has 1 rings (SSSR count). The molecular weight excluding hydrogens is 240 g/mol. The van der Waals surface area contributed by atoms with Crippen molar-refractivity contribution in [3.05, 3.63) is 11.6 Å². The predicted molar refractivity (Wildman–Crippen MR) is 67.9 cm³/mol. The fraction of sp³-hybridized carbons (Fsp3) is 0.769. The highest BCUT2D eigenvalue weighted by molar-refractivity contribution is 6.29. The molecule has 98 valence electrons. The van der Waals surface area contributed by atoms with Crippen LogP contribution in [0.5, 0.6) is 0 Å². The van der Waals surface area contributed by atoms with Gasteiger partial charge in [-0.3, -0.25) is 4.79 Å². The van der Waals surface area contributed by atoms with Crippen LogP contribution in [0.2, 0.25) is 0 Å². The summed E-state index contributed by atoms with van der Waals surface area (Å²) in [6.07, 6.45) is 4.52. The molecule has 4 heteroatoms. The number of hydrogen-bond donors (Lipinski definition) is 0. The molecule has 0 radical (unpaired) electrons. The Morgan fingerprint density at radius 3 is 3.00 bits per heavy atom. The quantitative estimate of drug-likeness (QED) is 0.496. The van der Waals surface area contributed by atoms with Crippen LogP contribution in [-0.2, 0) is 14.3 Å². The Balaban J connectivity index is 2.15. The normalized spacial score (nSPS) is 23.8. The van der Waals surface area contributed by atoms with Crippen molar-refractivity contribution in [2.45, 2.75) is 45.1 Å². The lowest BCUT2D eigenvalue weighted by atomic mass is 10.0. The molecule has 0 aromatic heterocycles. The van der Waals surface area contributed by atoms with E-state index in [1.165, 1.54) is 12.8 Å². The number of cyclic esters (lactones) is 1. The summed E-state index contributed by atoms with van der Waals surface area (Å²) >= 11 is 5.70. The molecule has 0 N–H and O–H groups in total. The van der Waals surface area contributed by atoms with Gasteiger partial charge in [0.15, 0.2) is 0 Å². The number of unbranched alkanes of at least 4 members (excludes halogenated alkanes) is 2. The molecule has 0 amide bonds. The van der Waals surface area contributed by atoms with Crippen LogP contribution in [0.1, 0.15) is 39.0 Å². The van der Waals surface area contributed by atoms with Gasteiger partial charge in [0.2, 0.25) is 0 Å². The molecule has 1 saturated heterocycles. The molecule has 0 aromatic rings. The Bertz CT molecular complexity index is 265. The van der Waals surface area contributed by atoms with Crippen LogP contribution >= 0.6 is 11.6 Å². The first-order chi connectivity index (χ1) is 8.13. The molecular formula is C13H21ClO3. The third-order valence-corrected chi connectivity index (χ3v) is 2.98. The van der Waals surface area contributed by atoms with E-state index in [1.807, 2.05) is 0 Å². The average molecular weight is 261 g/mol. The molecule has 2 atom stereocenters. The van der Waals surface area contributed by atoms with Crippen LogP contribution in [0, 0.1) is 5.92 Å². The largest absolute Gasteiger partial charge is 0.460 e. The van der Waals surface area contributed by atoms with Crippen molar-refractivity contribution in [2.24, 2.45) is 5.92 Å². The summed E-state index contributed by atoms with van der Waals surface area (Å²) in [5, 5.41) is 0.511. The summed E-state index contributed by atoms with van der Waals surface area (Å²) in [6, 6.07) is 0. The number of ether oxygens (including phenoxy) is 2. The Hall–Kier alpha value is -0.540. The first-order valence-corrected chi connectivity index (χ1v) is 6.62. The van der Waals surface area contributed by atoms with Gasteiger partial charge in [0.25, 0.3) is 0 Å². The van der Waals surface area contributed by atoms with Crippen LogP contribution in [0.15, 0.2) is 11.6 Å².